The first-order valence-electron chi connectivity index (χ1n) is 8.14. The normalized spacial score (nSPS) is 18.0. The van der Waals surface area contributed by atoms with Crippen LogP contribution >= 0.6 is 0 Å². The van der Waals surface area contributed by atoms with E-state index in [-0.39, 0.29) is 5.82 Å². The highest BCUT2D eigenvalue weighted by Crippen LogP contribution is 2.28. The highest BCUT2D eigenvalue weighted by atomic mass is 19.1. The number of rotatable bonds is 6. The van der Waals surface area contributed by atoms with Gasteiger partial charge in [-0.1, -0.05) is 49.9 Å². The minimum absolute atomic E-state index is 0.183. The van der Waals surface area contributed by atoms with Crippen molar-refractivity contribution in [2.24, 2.45) is 5.92 Å². The zero-order chi connectivity index (χ0) is 17.0. The summed E-state index contributed by atoms with van der Waals surface area (Å²) in [5, 5.41) is 3.27. The maximum Gasteiger partial charge on any atom is 0.124 e. The Kier molecular flexibility index (Phi) is 5.59. The van der Waals surface area contributed by atoms with Crippen LogP contribution in [0.2, 0.25) is 0 Å². The Morgan fingerprint density at radius 2 is 2.09 bits per heavy atom. The van der Waals surface area contributed by atoms with Gasteiger partial charge in [-0.3, -0.25) is 0 Å². The average molecular weight is 311 g/mol. The van der Waals surface area contributed by atoms with E-state index in [1.54, 1.807) is 12.1 Å². The molecule has 122 valence electrons. The number of nitrogens with one attached hydrogen (secondary N) is 1. The maximum absolute atomic E-state index is 13.7. The van der Waals surface area contributed by atoms with Gasteiger partial charge in [0.1, 0.15) is 5.82 Å². The number of halogens is 1. The molecule has 1 aliphatic rings. The van der Waals surface area contributed by atoms with Crippen molar-refractivity contribution in [1.29, 1.82) is 0 Å². The molecule has 2 heteroatoms. The van der Waals surface area contributed by atoms with Crippen molar-refractivity contribution in [2.45, 2.75) is 33.1 Å². The number of hydrogen-bond acceptors (Lipinski definition) is 1. The summed E-state index contributed by atoms with van der Waals surface area (Å²) in [6, 6.07) is 5.22. The minimum Gasteiger partial charge on any atom is -0.388 e. The second kappa shape index (κ2) is 7.45. The Morgan fingerprint density at radius 3 is 2.70 bits per heavy atom. The fraction of sp³-hybridized carbons (Fsp3) is 0.333. The van der Waals surface area contributed by atoms with E-state index in [0.717, 1.165) is 53.8 Å². The molecule has 1 atom stereocenters. The summed E-state index contributed by atoms with van der Waals surface area (Å²) >= 11 is 0. The molecule has 1 unspecified atom stereocenters. The molecule has 1 nitrogen and oxygen atoms in total. The highest BCUT2D eigenvalue weighted by molar-refractivity contribution is 5.67. The Hall–Kier alpha value is -2.09. The number of benzene rings is 1. The second-order valence-electron chi connectivity index (χ2n) is 6.41. The summed E-state index contributed by atoms with van der Waals surface area (Å²) in [5.74, 6) is 0.256. The van der Waals surface area contributed by atoms with Crippen LogP contribution in [0.5, 0.6) is 0 Å². The van der Waals surface area contributed by atoms with E-state index in [1.165, 1.54) is 5.57 Å². The molecule has 23 heavy (non-hydrogen) atoms. The summed E-state index contributed by atoms with van der Waals surface area (Å²) in [6.45, 7) is 17.2. The SMILES string of the molecule is C=C(/C=C(\C)c1cc(F)cc(CC)c1)CC(=C)C1CNC(=C)C1. The molecular weight excluding hydrogens is 285 g/mol. The van der Waals surface area contributed by atoms with E-state index in [2.05, 4.69) is 25.1 Å². The molecular formula is C21H26FN. The van der Waals surface area contributed by atoms with Gasteiger partial charge >= 0.3 is 0 Å². The van der Waals surface area contributed by atoms with Crippen molar-refractivity contribution in [2.75, 3.05) is 6.54 Å². The third kappa shape index (κ3) is 4.69. The minimum atomic E-state index is -0.183. The maximum atomic E-state index is 13.7. The summed E-state index contributed by atoms with van der Waals surface area (Å²) in [6.07, 6.45) is 4.59. The van der Waals surface area contributed by atoms with Crippen LogP contribution in [0.15, 0.2) is 60.9 Å². The Balaban J connectivity index is 2.05. The van der Waals surface area contributed by atoms with E-state index < -0.39 is 0 Å². The van der Waals surface area contributed by atoms with Crippen LogP contribution in [0.1, 0.15) is 37.8 Å². The van der Waals surface area contributed by atoms with Crippen molar-refractivity contribution in [3.05, 3.63) is 77.8 Å². The predicted octanol–water partition coefficient (Wildman–Crippen LogP) is 5.42. The first-order valence-corrected chi connectivity index (χ1v) is 8.14. The topological polar surface area (TPSA) is 12.0 Å². The Morgan fingerprint density at radius 1 is 1.35 bits per heavy atom. The van der Waals surface area contributed by atoms with Crippen LogP contribution < -0.4 is 5.32 Å². The third-order valence-electron chi connectivity index (χ3n) is 4.36. The zero-order valence-corrected chi connectivity index (χ0v) is 14.2. The van der Waals surface area contributed by atoms with E-state index in [0.29, 0.717) is 5.92 Å². The Bertz CT molecular complexity index is 666. The molecule has 0 saturated carbocycles. The first-order chi connectivity index (χ1) is 10.9. The van der Waals surface area contributed by atoms with E-state index >= 15 is 0 Å². The van der Waals surface area contributed by atoms with Gasteiger partial charge in [-0.15, -0.1) is 0 Å². The van der Waals surface area contributed by atoms with Crippen LogP contribution in [-0.4, -0.2) is 6.54 Å². The van der Waals surface area contributed by atoms with Crippen molar-refractivity contribution in [1.82, 2.24) is 5.32 Å². The molecule has 0 bridgehead atoms. The lowest BCUT2D eigenvalue weighted by atomic mass is 9.92. The molecule has 0 aliphatic carbocycles. The fourth-order valence-corrected chi connectivity index (χ4v) is 2.96. The van der Waals surface area contributed by atoms with Gasteiger partial charge in [0.2, 0.25) is 0 Å². The standard InChI is InChI=1S/C21H26FN/c1-6-18-10-19(12-21(22)11-18)15(3)7-14(2)8-16(4)20-9-17(5)23-13-20/h7,10-12,20,23H,2,4-6,8-9,13H2,1,3H3/b15-7+. The zero-order valence-electron chi connectivity index (χ0n) is 14.2. The molecule has 2 rings (SSSR count). The molecule has 0 radical (unpaired) electrons. The monoisotopic (exact) mass is 311 g/mol. The smallest absolute Gasteiger partial charge is 0.124 e. The van der Waals surface area contributed by atoms with Crippen molar-refractivity contribution in [3.8, 4) is 0 Å². The molecule has 0 amide bonds. The average Bonchev–Trinajstić information content (AvgIpc) is 2.93. The lowest BCUT2D eigenvalue weighted by Gasteiger charge is -2.13. The molecule has 1 heterocycles. The molecule has 1 saturated heterocycles. The van der Waals surface area contributed by atoms with Crippen LogP contribution in [0, 0.1) is 11.7 Å². The molecule has 1 aliphatic heterocycles. The lowest BCUT2D eigenvalue weighted by molar-refractivity contribution is 0.625. The number of aryl methyl sites for hydroxylation is 1. The Labute approximate surface area is 139 Å². The van der Waals surface area contributed by atoms with Gasteiger partial charge in [0.05, 0.1) is 0 Å². The van der Waals surface area contributed by atoms with Crippen molar-refractivity contribution in [3.63, 3.8) is 0 Å². The van der Waals surface area contributed by atoms with Crippen LogP contribution in [-0.2, 0) is 6.42 Å². The van der Waals surface area contributed by atoms with Gasteiger partial charge in [-0.2, -0.15) is 0 Å². The quantitative estimate of drug-likeness (QED) is 0.546. The third-order valence-corrected chi connectivity index (χ3v) is 4.36. The van der Waals surface area contributed by atoms with Crippen LogP contribution in [0.25, 0.3) is 5.57 Å². The first kappa shape index (κ1) is 17.3. The highest BCUT2D eigenvalue weighted by Gasteiger charge is 2.20. The molecule has 1 aromatic carbocycles. The molecule has 0 spiro atoms. The number of allylic oxidation sites excluding steroid dienone is 4. The van der Waals surface area contributed by atoms with Gasteiger partial charge < -0.3 is 5.32 Å². The molecule has 1 N–H and O–H groups in total. The molecule has 1 fully saturated rings. The van der Waals surface area contributed by atoms with E-state index in [4.69, 9.17) is 0 Å². The van der Waals surface area contributed by atoms with E-state index in [1.807, 2.05) is 26.0 Å². The predicted molar refractivity (Wildman–Crippen MR) is 97.6 cm³/mol. The largest absolute Gasteiger partial charge is 0.388 e. The van der Waals surface area contributed by atoms with Gasteiger partial charge in [0.15, 0.2) is 0 Å². The summed E-state index contributed by atoms with van der Waals surface area (Å²) < 4.78 is 13.7. The lowest BCUT2D eigenvalue weighted by Crippen LogP contribution is -2.09. The van der Waals surface area contributed by atoms with Crippen LogP contribution in [0.3, 0.4) is 0 Å². The van der Waals surface area contributed by atoms with E-state index in [9.17, 15) is 4.39 Å². The summed E-state index contributed by atoms with van der Waals surface area (Å²) in [5.41, 5.74) is 6.24. The second-order valence-corrected chi connectivity index (χ2v) is 6.41. The van der Waals surface area contributed by atoms with Gasteiger partial charge in [-0.25, -0.2) is 4.39 Å². The molecule has 1 aromatic rings. The van der Waals surface area contributed by atoms with Crippen molar-refractivity contribution < 1.29 is 4.39 Å². The van der Waals surface area contributed by atoms with Gasteiger partial charge in [0.25, 0.3) is 0 Å². The summed E-state index contributed by atoms with van der Waals surface area (Å²) in [7, 11) is 0. The van der Waals surface area contributed by atoms with Crippen molar-refractivity contribution >= 4 is 5.57 Å². The number of hydrogen-bond donors (Lipinski definition) is 1. The van der Waals surface area contributed by atoms with Gasteiger partial charge in [-0.05, 0) is 55.0 Å². The van der Waals surface area contributed by atoms with Crippen LogP contribution in [0.4, 0.5) is 4.39 Å². The van der Waals surface area contributed by atoms with Gasteiger partial charge in [0, 0.05) is 18.2 Å². The molecule has 0 aromatic heterocycles. The fourth-order valence-electron chi connectivity index (χ4n) is 2.96. The summed E-state index contributed by atoms with van der Waals surface area (Å²) in [4.78, 5) is 0.